The minimum Gasteiger partial charge on any atom is -0.458 e. The second kappa shape index (κ2) is 7.41. The molecule has 0 unspecified atom stereocenters. The molecular formula is C18H20N2O2. The van der Waals surface area contributed by atoms with E-state index in [2.05, 4.69) is 5.10 Å². The van der Waals surface area contributed by atoms with Crippen LogP contribution in [0.3, 0.4) is 0 Å². The van der Waals surface area contributed by atoms with E-state index in [-0.39, 0.29) is 12.6 Å². The van der Waals surface area contributed by atoms with Crippen molar-refractivity contribution in [1.82, 2.24) is 9.78 Å². The number of carbonyl (C=O) groups is 1. The second-order valence-electron chi connectivity index (χ2n) is 4.98. The van der Waals surface area contributed by atoms with Gasteiger partial charge in [0.25, 0.3) is 0 Å². The van der Waals surface area contributed by atoms with E-state index < -0.39 is 0 Å². The molecule has 2 rings (SSSR count). The molecule has 22 heavy (non-hydrogen) atoms. The van der Waals surface area contributed by atoms with E-state index in [1.165, 1.54) is 6.08 Å². The Morgan fingerprint density at radius 3 is 2.59 bits per heavy atom. The van der Waals surface area contributed by atoms with Gasteiger partial charge < -0.3 is 4.74 Å². The molecule has 1 aromatic heterocycles. The summed E-state index contributed by atoms with van der Waals surface area (Å²) in [6, 6.07) is 9.88. The van der Waals surface area contributed by atoms with Crippen molar-refractivity contribution in [2.45, 2.75) is 13.8 Å². The van der Waals surface area contributed by atoms with Gasteiger partial charge in [0, 0.05) is 24.4 Å². The van der Waals surface area contributed by atoms with E-state index in [1.807, 2.05) is 63.4 Å². The largest absolute Gasteiger partial charge is 0.458 e. The number of rotatable bonds is 5. The van der Waals surface area contributed by atoms with Crippen molar-refractivity contribution in [1.29, 1.82) is 0 Å². The maximum absolute atomic E-state index is 11.7. The van der Waals surface area contributed by atoms with Gasteiger partial charge in [-0.3, -0.25) is 4.68 Å². The first kappa shape index (κ1) is 15.8. The summed E-state index contributed by atoms with van der Waals surface area (Å²) >= 11 is 0. The van der Waals surface area contributed by atoms with E-state index in [9.17, 15) is 4.79 Å². The van der Waals surface area contributed by atoms with Crippen LogP contribution in [0.25, 0.3) is 12.2 Å². The molecule has 0 radical (unpaired) electrons. The van der Waals surface area contributed by atoms with Crippen molar-refractivity contribution < 1.29 is 9.53 Å². The Balaban J connectivity index is 1.85. The summed E-state index contributed by atoms with van der Waals surface area (Å²) in [6.07, 6.45) is 6.93. The fraction of sp³-hybridized carbons (Fsp3) is 0.222. The van der Waals surface area contributed by atoms with Crippen molar-refractivity contribution >= 4 is 18.1 Å². The Morgan fingerprint density at radius 1 is 1.23 bits per heavy atom. The second-order valence-corrected chi connectivity index (χ2v) is 4.98. The lowest BCUT2D eigenvalue weighted by atomic mass is 10.2. The van der Waals surface area contributed by atoms with Gasteiger partial charge in [-0.25, -0.2) is 4.79 Å². The van der Waals surface area contributed by atoms with Crippen molar-refractivity contribution in [3.8, 4) is 0 Å². The molecule has 0 saturated heterocycles. The topological polar surface area (TPSA) is 44.1 Å². The number of hydrogen-bond donors (Lipinski definition) is 0. The molecule has 0 aliphatic heterocycles. The molecule has 0 aliphatic rings. The minimum absolute atomic E-state index is 0.253. The van der Waals surface area contributed by atoms with E-state index in [4.69, 9.17) is 4.74 Å². The van der Waals surface area contributed by atoms with Crippen LogP contribution in [0.15, 0.2) is 42.5 Å². The molecule has 0 fully saturated rings. The number of ether oxygens (including phenoxy) is 1. The molecule has 0 atom stereocenters. The first-order valence-electron chi connectivity index (χ1n) is 7.14. The van der Waals surface area contributed by atoms with Crippen LogP contribution in [0.4, 0.5) is 0 Å². The van der Waals surface area contributed by atoms with Crippen molar-refractivity contribution in [3.05, 3.63) is 65.0 Å². The molecular weight excluding hydrogens is 276 g/mol. The first-order chi connectivity index (χ1) is 10.6. The highest BCUT2D eigenvalue weighted by atomic mass is 16.5. The number of nitrogens with zero attached hydrogens (tertiary/aromatic N) is 2. The molecule has 0 spiro atoms. The fourth-order valence-electron chi connectivity index (χ4n) is 2.11. The van der Waals surface area contributed by atoms with Crippen molar-refractivity contribution in [2.75, 3.05) is 6.61 Å². The monoisotopic (exact) mass is 296 g/mol. The molecule has 2 aromatic rings. The van der Waals surface area contributed by atoms with Gasteiger partial charge in [-0.1, -0.05) is 36.4 Å². The lowest BCUT2D eigenvalue weighted by Gasteiger charge is -1.98. The Labute approximate surface area is 130 Å². The number of carbonyl (C=O) groups excluding carboxylic acids is 1. The normalized spacial score (nSPS) is 11.4. The molecule has 0 amide bonds. The standard InChI is InChI=1S/C18H20N2O2/c1-14-17(15(2)20(3)19-14)11-12-18(21)22-13-7-10-16-8-5-4-6-9-16/h4-12H,13H2,1-3H3/b10-7+,12-11-. The van der Waals surface area contributed by atoms with Gasteiger partial charge in [-0.2, -0.15) is 5.10 Å². The first-order valence-corrected chi connectivity index (χ1v) is 7.14. The molecule has 0 aliphatic carbocycles. The maximum atomic E-state index is 11.7. The Morgan fingerprint density at radius 2 is 1.95 bits per heavy atom. The highest BCUT2D eigenvalue weighted by molar-refractivity contribution is 5.87. The third-order valence-corrected chi connectivity index (χ3v) is 3.38. The van der Waals surface area contributed by atoms with Gasteiger partial charge in [-0.05, 0) is 31.6 Å². The number of hydrogen-bond acceptors (Lipinski definition) is 3. The molecule has 0 N–H and O–H groups in total. The summed E-state index contributed by atoms with van der Waals surface area (Å²) in [6.45, 7) is 4.14. The van der Waals surface area contributed by atoms with Crippen LogP contribution in [0.1, 0.15) is 22.5 Å². The summed E-state index contributed by atoms with van der Waals surface area (Å²) in [4.78, 5) is 11.7. The van der Waals surface area contributed by atoms with Gasteiger partial charge >= 0.3 is 5.97 Å². The molecule has 1 heterocycles. The Hall–Kier alpha value is -2.62. The summed E-state index contributed by atoms with van der Waals surface area (Å²) in [5.74, 6) is -0.361. The quantitative estimate of drug-likeness (QED) is 0.628. The fourth-order valence-corrected chi connectivity index (χ4v) is 2.11. The maximum Gasteiger partial charge on any atom is 0.331 e. The summed E-state index contributed by atoms with van der Waals surface area (Å²) < 4.78 is 6.93. The van der Waals surface area contributed by atoms with E-state index in [0.29, 0.717) is 0 Å². The van der Waals surface area contributed by atoms with Crippen LogP contribution in [-0.2, 0) is 16.6 Å². The molecule has 4 nitrogen and oxygen atoms in total. The third kappa shape index (κ3) is 4.19. The third-order valence-electron chi connectivity index (χ3n) is 3.38. The smallest absolute Gasteiger partial charge is 0.331 e. The molecule has 0 saturated carbocycles. The van der Waals surface area contributed by atoms with Gasteiger partial charge in [-0.15, -0.1) is 0 Å². The summed E-state index contributed by atoms with van der Waals surface area (Å²) in [5.41, 5.74) is 3.95. The highest BCUT2D eigenvalue weighted by Gasteiger charge is 2.06. The zero-order chi connectivity index (χ0) is 15.9. The Bertz CT molecular complexity index is 697. The Kier molecular flexibility index (Phi) is 5.31. The summed E-state index contributed by atoms with van der Waals surface area (Å²) in [7, 11) is 1.88. The predicted octanol–water partition coefficient (Wildman–Crippen LogP) is 3.31. The van der Waals surface area contributed by atoms with E-state index in [0.717, 1.165) is 22.5 Å². The SMILES string of the molecule is Cc1nn(C)c(C)c1/C=C\C(=O)OC/C=C/c1ccccc1. The highest BCUT2D eigenvalue weighted by Crippen LogP contribution is 2.13. The van der Waals surface area contributed by atoms with Crippen LogP contribution < -0.4 is 0 Å². The van der Waals surface area contributed by atoms with Gasteiger partial charge in [0.15, 0.2) is 0 Å². The summed E-state index contributed by atoms with van der Waals surface area (Å²) in [5, 5.41) is 4.30. The van der Waals surface area contributed by atoms with Crippen LogP contribution in [0.5, 0.6) is 0 Å². The molecule has 1 aromatic carbocycles. The van der Waals surface area contributed by atoms with Crippen LogP contribution >= 0.6 is 0 Å². The van der Waals surface area contributed by atoms with Crippen LogP contribution in [0, 0.1) is 13.8 Å². The number of aromatic nitrogens is 2. The average Bonchev–Trinajstić information content (AvgIpc) is 2.76. The van der Waals surface area contributed by atoms with Crippen LogP contribution in [-0.4, -0.2) is 22.4 Å². The number of benzene rings is 1. The van der Waals surface area contributed by atoms with Crippen molar-refractivity contribution in [2.24, 2.45) is 7.05 Å². The number of aryl methyl sites for hydroxylation is 2. The average molecular weight is 296 g/mol. The minimum atomic E-state index is -0.361. The van der Waals surface area contributed by atoms with Crippen LogP contribution in [0.2, 0.25) is 0 Å². The van der Waals surface area contributed by atoms with E-state index in [1.54, 1.807) is 10.8 Å². The van der Waals surface area contributed by atoms with Gasteiger partial charge in [0.2, 0.25) is 0 Å². The number of esters is 1. The lowest BCUT2D eigenvalue weighted by Crippen LogP contribution is -2.00. The van der Waals surface area contributed by atoms with Crippen molar-refractivity contribution in [3.63, 3.8) is 0 Å². The van der Waals surface area contributed by atoms with Gasteiger partial charge in [0.1, 0.15) is 6.61 Å². The van der Waals surface area contributed by atoms with E-state index >= 15 is 0 Å². The molecule has 114 valence electrons. The zero-order valence-electron chi connectivity index (χ0n) is 13.1. The van der Waals surface area contributed by atoms with Gasteiger partial charge in [0.05, 0.1) is 5.69 Å². The molecule has 0 bridgehead atoms. The predicted molar refractivity (Wildman–Crippen MR) is 88.2 cm³/mol. The lowest BCUT2D eigenvalue weighted by molar-refractivity contribution is -0.136. The molecule has 4 heteroatoms. The zero-order valence-corrected chi connectivity index (χ0v) is 13.1.